The van der Waals surface area contributed by atoms with Gasteiger partial charge in [0.15, 0.2) is 0 Å². The minimum atomic E-state index is -0.312. The predicted molar refractivity (Wildman–Crippen MR) is 96.2 cm³/mol. The molecule has 0 radical (unpaired) electrons. The zero-order valence-electron chi connectivity index (χ0n) is 15.1. The van der Waals surface area contributed by atoms with Crippen molar-refractivity contribution in [3.8, 4) is 0 Å². The molecule has 1 saturated heterocycles. The summed E-state index contributed by atoms with van der Waals surface area (Å²) in [6.07, 6.45) is 2.16. The largest absolute Gasteiger partial charge is 0.495 e. The fourth-order valence-electron chi connectivity index (χ4n) is 2.93. The molecule has 0 amide bonds. The lowest BCUT2D eigenvalue weighted by Gasteiger charge is -2.32. The first-order valence-electron chi connectivity index (χ1n) is 8.29. The molecule has 0 N–H and O–H groups in total. The number of fused-ring (bicyclic) bond motifs is 1. The molecule has 124 valence electrons. The van der Waals surface area contributed by atoms with E-state index in [4.69, 9.17) is 9.31 Å². The first kappa shape index (κ1) is 16.6. The maximum atomic E-state index is 6.23. The van der Waals surface area contributed by atoms with Crippen LogP contribution < -0.4 is 5.46 Å². The highest BCUT2D eigenvalue weighted by Crippen LogP contribution is 2.37. The van der Waals surface area contributed by atoms with Gasteiger partial charge in [0.25, 0.3) is 0 Å². The Morgan fingerprint density at radius 1 is 1.04 bits per heavy atom. The van der Waals surface area contributed by atoms with Crippen LogP contribution in [-0.4, -0.2) is 48.4 Å². The molecule has 0 aliphatic carbocycles. The molecule has 2 heterocycles. The lowest BCUT2D eigenvalue weighted by molar-refractivity contribution is 0.00578. The Bertz CT molecular complexity index is 690. The van der Waals surface area contributed by atoms with Crippen molar-refractivity contribution in [2.24, 2.45) is 0 Å². The van der Waals surface area contributed by atoms with Gasteiger partial charge in [0.1, 0.15) is 0 Å². The highest BCUT2D eigenvalue weighted by molar-refractivity contribution is 6.65. The molecule has 5 heteroatoms. The summed E-state index contributed by atoms with van der Waals surface area (Å²) in [7, 11) is 3.89. The van der Waals surface area contributed by atoms with Crippen molar-refractivity contribution in [3.63, 3.8) is 0 Å². The third-order valence-corrected chi connectivity index (χ3v) is 5.14. The SMILES string of the molecule is CN(C)CCn1ccc2c(B3OC(C)(C)C(C)(C)O3)cccc21. The summed E-state index contributed by atoms with van der Waals surface area (Å²) in [6.45, 7) is 10.4. The highest BCUT2D eigenvalue weighted by Gasteiger charge is 2.52. The highest BCUT2D eigenvalue weighted by atomic mass is 16.7. The van der Waals surface area contributed by atoms with Gasteiger partial charge < -0.3 is 18.8 Å². The van der Waals surface area contributed by atoms with Gasteiger partial charge in [-0.1, -0.05) is 12.1 Å². The summed E-state index contributed by atoms with van der Waals surface area (Å²) in [5, 5.41) is 1.21. The van der Waals surface area contributed by atoms with E-state index in [9.17, 15) is 0 Å². The van der Waals surface area contributed by atoms with E-state index in [1.807, 2.05) is 0 Å². The van der Waals surface area contributed by atoms with Crippen LogP contribution in [0.1, 0.15) is 27.7 Å². The molecule has 1 aliphatic rings. The van der Waals surface area contributed by atoms with Gasteiger partial charge in [0.05, 0.1) is 11.2 Å². The lowest BCUT2D eigenvalue weighted by Crippen LogP contribution is -2.41. The fourth-order valence-corrected chi connectivity index (χ4v) is 2.93. The average Bonchev–Trinajstić information content (AvgIpc) is 2.95. The third-order valence-electron chi connectivity index (χ3n) is 5.14. The number of rotatable bonds is 4. The van der Waals surface area contributed by atoms with Crippen LogP contribution in [0.25, 0.3) is 10.9 Å². The van der Waals surface area contributed by atoms with Crippen molar-refractivity contribution in [2.75, 3.05) is 20.6 Å². The van der Waals surface area contributed by atoms with E-state index in [1.54, 1.807) is 0 Å². The Hall–Kier alpha value is -1.30. The second-order valence-corrected chi connectivity index (χ2v) is 7.68. The maximum Gasteiger partial charge on any atom is 0.495 e. The van der Waals surface area contributed by atoms with Gasteiger partial charge in [-0.05, 0) is 64.8 Å². The fraction of sp³-hybridized carbons (Fsp3) is 0.556. The Labute approximate surface area is 139 Å². The molecule has 1 aliphatic heterocycles. The maximum absolute atomic E-state index is 6.23. The van der Waals surface area contributed by atoms with E-state index in [1.165, 1.54) is 10.9 Å². The number of likely N-dealkylation sites (N-methyl/N-ethyl adjacent to an activating group) is 1. The molecule has 0 unspecified atom stereocenters. The van der Waals surface area contributed by atoms with Crippen LogP contribution >= 0.6 is 0 Å². The van der Waals surface area contributed by atoms with Gasteiger partial charge in [-0.3, -0.25) is 0 Å². The monoisotopic (exact) mass is 314 g/mol. The zero-order valence-corrected chi connectivity index (χ0v) is 15.1. The molecular weight excluding hydrogens is 287 g/mol. The van der Waals surface area contributed by atoms with Gasteiger partial charge in [-0.25, -0.2) is 0 Å². The summed E-state index contributed by atoms with van der Waals surface area (Å²) >= 11 is 0. The first-order chi connectivity index (χ1) is 10.7. The van der Waals surface area contributed by atoms with Crippen LogP contribution in [0.3, 0.4) is 0 Å². The van der Waals surface area contributed by atoms with E-state index in [0.29, 0.717) is 0 Å². The van der Waals surface area contributed by atoms with Gasteiger partial charge in [-0.15, -0.1) is 0 Å². The van der Waals surface area contributed by atoms with Gasteiger partial charge >= 0.3 is 7.12 Å². The predicted octanol–water partition coefficient (Wildman–Crippen LogP) is 2.50. The summed E-state index contributed by atoms with van der Waals surface area (Å²) < 4.78 is 14.7. The quantitative estimate of drug-likeness (QED) is 0.811. The third kappa shape index (κ3) is 2.93. The molecule has 1 aromatic heterocycles. The number of hydrogen-bond acceptors (Lipinski definition) is 3. The van der Waals surface area contributed by atoms with Crippen LogP contribution in [0.4, 0.5) is 0 Å². The molecule has 0 bridgehead atoms. The molecule has 1 fully saturated rings. The Morgan fingerprint density at radius 2 is 1.70 bits per heavy atom. The first-order valence-corrected chi connectivity index (χ1v) is 8.29. The summed E-state index contributed by atoms with van der Waals surface area (Å²) in [5.41, 5.74) is 1.73. The van der Waals surface area contributed by atoms with E-state index in [2.05, 4.69) is 81.7 Å². The van der Waals surface area contributed by atoms with Crippen molar-refractivity contribution in [1.29, 1.82) is 0 Å². The molecule has 23 heavy (non-hydrogen) atoms. The van der Waals surface area contributed by atoms with Gasteiger partial charge in [0.2, 0.25) is 0 Å². The Morgan fingerprint density at radius 3 is 2.30 bits per heavy atom. The minimum Gasteiger partial charge on any atom is -0.399 e. The van der Waals surface area contributed by atoms with E-state index >= 15 is 0 Å². The normalized spacial score (nSPS) is 19.9. The average molecular weight is 314 g/mol. The standard InChI is InChI=1S/C18H27BN2O2/c1-17(2)18(3,4)23-19(22-17)15-8-7-9-16-14(15)10-11-21(16)13-12-20(5)6/h7-11H,12-13H2,1-6H3. The smallest absolute Gasteiger partial charge is 0.399 e. The topological polar surface area (TPSA) is 26.6 Å². The van der Waals surface area contributed by atoms with Crippen LogP contribution in [0.15, 0.2) is 30.5 Å². The zero-order chi connectivity index (χ0) is 16.8. The molecule has 4 nitrogen and oxygen atoms in total. The molecule has 3 rings (SSSR count). The van der Waals surface area contributed by atoms with Gasteiger partial charge in [0, 0.05) is 24.8 Å². The molecule has 1 aromatic carbocycles. The van der Waals surface area contributed by atoms with E-state index in [0.717, 1.165) is 18.6 Å². The van der Waals surface area contributed by atoms with Crippen LogP contribution in [0, 0.1) is 0 Å². The molecule has 2 aromatic rings. The van der Waals surface area contributed by atoms with E-state index < -0.39 is 0 Å². The lowest BCUT2D eigenvalue weighted by atomic mass is 9.77. The van der Waals surface area contributed by atoms with E-state index in [-0.39, 0.29) is 18.3 Å². The van der Waals surface area contributed by atoms with Crippen molar-refractivity contribution in [1.82, 2.24) is 9.47 Å². The Balaban J connectivity index is 1.94. The number of nitrogens with zero attached hydrogens (tertiary/aromatic N) is 2. The summed E-state index contributed by atoms with van der Waals surface area (Å²) in [6, 6.07) is 8.54. The van der Waals surface area contributed by atoms with Crippen LogP contribution in [0.2, 0.25) is 0 Å². The van der Waals surface area contributed by atoms with Crippen molar-refractivity contribution < 1.29 is 9.31 Å². The van der Waals surface area contributed by atoms with Crippen LogP contribution in [0.5, 0.6) is 0 Å². The summed E-state index contributed by atoms with van der Waals surface area (Å²) in [4.78, 5) is 2.20. The Kier molecular flexibility index (Phi) is 4.07. The number of benzene rings is 1. The summed E-state index contributed by atoms with van der Waals surface area (Å²) in [5.74, 6) is 0. The van der Waals surface area contributed by atoms with Crippen LogP contribution in [-0.2, 0) is 15.9 Å². The van der Waals surface area contributed by atoms with Crippen molar-refractivity contribution in [2.45, 2.75) is 45.4 Å². The second kappa shape index (κ2) is 5.65. The molecular formula is C18H27BN2O2. The van der Waals surface area contributed by atoms with Crippen molar-refractivity contribution >= 4 is 23.5 Å². The number of aromatic nitrogens is 1. The molecule has 0 spiro atoms. The number of hydrogen-bond donors (Lipinski definition) is 0. The van der Waals surface area contributed by atoms with Gasteiger partial charge in [-0.2, -0.15) is 0 Å². The van der Waals surface area contributed by atoms with Crippen molar-refractivity contribution in [3.05, 3.63) is 30.5 Å². The minimum absolute atomic E-state index is 0.312. The molecule has 0 saturated carbocycles. The molecule has 0 atom stereocenters. The second-order valence-electron chi connectivity index (χ2n) is 7.68.